The van der Waals surface area contributed by atoms with Crippen molar-refractivity contribution in [3.05, 3.63) is 28.8 Å². The number of anilines is 1. The monoisotopic (exact) mass is 266 g/mol. The summed E-state index contributed by atoms with van der Waals surface area (Å²) in [6.07, 6.45) is 0. The maximum atomic E-state index is 11.5. The van der Waals surface area contributed by atoms with E-state index in [9.17, 15) is 9.59 Å². The van der Waals surface area contributed by atoms with Crippen LogP contribution in [0.1, 0.15) is 5.56 Å². The lowest BCUT2D eigenvalue weighted by Gasteiger charge is -2.08. The van der Waals surface area contributed by atoms with Crippen LogP contribution in [-0.2, 0) is 9.59 Å². The zero-order valence-corrected chi connectivity index (χ0v) is 10.1. The van der Waals surface area contributed by atoms with Crippen LogP contribution in [-0.4, -0.2) is 24.9 Å². The van der Waals surface area contributed by atoms with Gasteiger partial charge in [-0.25, -0.2) is 0 Å². The summed E-state index contributed by atoms with van der Waals surface area (Å²) in [5.41, 5.74) is 5.66. The molecule has 18 heavy (non-hydrogen) atoms. The second-order valence-corrected chi connectivity index (χ2v) is 3.77. The molecule has 7 heteroatoms. The summed E-state index contributed by atoms with van der Waals surface area (Å²) >= 11 is 5.76. The first kappa shape index (κ1) is 14.0. The van der Waals surface area contributed by atoms with Gasteiger partial charge in [-0.2, -0.15) is 5.26 Å². The Morgan fingerprint density at radius 3 is 2.72 bits per heavy atom. The third-order valence-corrected chi connectivity index (χ3v) is 2.24. The molecule has 2 amide bonds. The minimum atomic E-state index is -0.462. The molecule has 0 saturated heterocycles. The van der Waals surface area contributed by atoms with Crippen molar-refractivity contribution in [2.24, 2.45) is 5.73 Å². The number of rotatable bonds is 4. The summed E-state index contributed by atoms with van der Waals surface area (Å²) < 4.78 is 0. The number of hydrogen-bond donors (Lipinski definition) is 3. The number of nitrogens with two attached hydrogens (primary N) is 1. The van der Waals surface area contributed by atoms with E-state index < -0.39 is 11.8 Å². The molecule has 94 valence electrons. The van der Waals surface area contributed by atoms with Gasteiger partial charge in [0.1, 0.15) is 6.07 Å². The molecular formula is C11H11ClN4O2. The molecule has 0 aliphatic heterocycles. The van der Waals surface area contributed by atoms with Gasteiger partial charge in [0.25, 0.3) is 0 Å². The minimum Gasteiger partial charge on any atom is -0.346 e. The number of amides is 2. The van der Waals surface area contributed by atoms with Crippen LogP contribution in [0.15, 0.2) is 18.2 Å². The van der Waals surface area contributed by atoms with Gasteiger partial charge in [0.15, 0.2) is 0 Å². The molecule has 0 unspecified atom stereocenters. The van der Waals surface area contributed by atoms with Gasteiger partial charge >= 0.3 is 0 Å². The summed E-state index contributed by atoms with van der Waals surface area (Å²) in [7, 11) is 0. The van der Waals surface area contributed by atoms with E-state index in [2.05, 4.69) is 10.6 Å². The van der Waals surface area contributed by atoms with E-state index in [4.69, 9.17) is 22.6 Å². The molecule has 0 spiro atoms. The highest BCUT2D eigenvalue weighted by atomic mass is 35.5. The van der Waals surface area contributed by atoms with Crippen molar-refractivity contribution < 1.29 is 9.59 Å². The standard InChI is InChI=1S/C11H11ClN4O2/c12-8-2-1-7(4-13)9(3-8)16-11(18)6-15-10(17)5-14/h1-3H,5-6,14H2,(H,15,17)(H,16,18). The quantitative estimate of drug-likeness (QED) is 0.725. The molecule has 1 rings (SSSR count). The van der Waals surface area contributed by atoms with E-state index in [1.165, 1.54) is 12.1 Å². The molecule has 0 atom stereocenters. The lowest BCUT2D eigenvalue weighted by Crippen LogP contribution is -2.36. The van der Waals surface area contributed by atoms with Gasteiger partial charge in [-0.05, 0) is 18.2 Å². The SMILES string of the molecule is N#Cc1ccc(Cl)cc1NC(=O)CNC(=O)CN. The molecule has 0 aliphatic carbocycles. The predicted octanol–water partition coefficient (Wildman–Crippen LogP) is 0.225. The Morgan fingerprint density at radius 1 is 1.39 bits per heavy atom. The molecule has 0 aromatic heterocycles. The van der Waals surface area contributed by atoms with Crippen LogP contribution in [0.2, 0.25) is 5.02 Å². The van der Waals surface area contributed by atoms with Gasteiger partial charge in [0, 0.05) is 5.02 Å². The molecule has 0 aliphatic rings. The van der Waals surface area contributed by atoms with E-state index in [0.29, 0.717) is 10.7 Å². The maximum absolute atomic E-state index is 11.5. The summed E-state index contributed by atoms with van der Waals surface area (Å²) in [6.45, 7) is -0.401. The Kier molecular flexibility index (Phi) is 5.11. The van der Waals surface area contributed by atoms with Gasteiger partial charge in [-0.1, -0.05) is 11.6 Å². The highest BCUT2D eigenvalue weighted by molar-refractivity contribution is 6.31. The van der Waals surface area contributed by atoms with E-state index >= 15 is 0 Å². The number of halogens is 1. The Balaban J connectivity index is 2.67. The zero-order valence-electron chi connectivity index (χ0n) is 9.37. The van der Waals surface area contributed by atoms with Crippen molar-refractivity contribution in [2.75, 3.05) is 18.4 Å². The van der Waals surface area contributed by atoms with Crippen molar-refractivity contribution in [3.8, 4) is 6.07 Å². The predicted molar refractivity (Wildman–Crippen MR) is 66.9 cm³/mol. The topological polar surface area (TPSA) is 108 Å². The van der Waals surface area contributed by atoms with Gasteiger partial charge in [0.2, 0.25) is 11.8 Å². The minimum absolute atomic E-state index is 0.187. The highest BCUT2D eigenvalue weighted by Gasteiger charge is 2.08. The average molecular weight is 267 g/mol. The Bertz CT molecular complexity index is 510. The number of carbonyl (C=O) groups is 2. The van der Waals surface area contributed by atoms with Crippen LogP contribution in [0.3, 0.4) is 0 Å². The molecule has 0 saturated carbocycles. The van der Waals surface area contributed by atoms with E-state index in [0.717, 1.165) is 0 Å². The van der Waals surface area contributed by atoms with Crippen LogP contribution in [0.4, 0.5) is 5.69 Å². The molecule has 6 nitrogen and oxygen atoms in total. The van der Waals surface area contributed by atoms with Crippen LogP contribution in [0.25, 0.3) is 0 Å². The van der Waals surface area contributed by atoms with Crippen molar-refractivity contribution in [1.29, 1.82) is 5.26 Å². The van der Waals surface area contributed by atoms with Gasteiger partial charge in [-0.15, -0.1) is 0 Å². The smallest absolute Gasteiger partial charge is 0.243 e. The van der Waals surface area contributed by atoms with Crippen molar-refractivity contribution >= 4 is 29.1 Å². The summed E-state index contributed by atoms with van der Waals surface area (Å²) in [5, 5.41) is 14.0. The van der Waals surface area contributed by atoms with Crippen molar-refractivity contribution in [2.45, 2.75) is 0 Å². The van der Waals surface area contributed by atoms with Crippen molar-refractivity contribution in [3.63, 3.8) is 0 Å². The van der Waals surface area contributed by atoms with Crippen molar-refractivity contribution in [1.82, 2.24) is 5.32 Å². The van der Waals surface area contributed by atoms with Gasteiger partial charge in [-0.3, -0.25) is 9.59 Å². The lowest BCUT2D eigenvalue weighted by atomic mass is 10.2. The average Bonchev–Trinajstić information content (AvgIpc) is 2.36. The van der Waals surface area contributed by atoms with Crippen LogP contribution >= 0.6 is 11.6 Å². The molecule has 0 radical (unpaired) electrons. The van der Waals surface area contributed by atoms with Gasteiger partial charge in [0.05, 0.1) is 24.3 Å². The Labute approximate surface area is 109 Å². The number of nitrogens with zero attached hydrogens (tertiary/aromatic N) is 1. The molecule has 4 N–H and O–H groups in total. The molecule has 0 bridgehead atoms. The summed E-state index contributed by atoms with van der Waals surface area (Å²) in [5.74, 6) is -0.896. The highest BCUT2D eigenvalue weighted by Crippen LogP contribution is 2.20. The normalized spacial score (nSPS) is 9.39. The van der Waals surface area contributed by atoms with E-state index in [1.807, 2.05) is 6.07 Å². The zero-order chi connectivity index (χ0) is 13.5. The van der Waals surface area contributed by atoms with E-state index in [-0.39, 0.29) is 18.7 Å². The second-order valence-electron chi connectivity index (χ2n) is 3.33. The number of nitriles is 1. The fraction of sp³-hybridized carbons (Fsp3) is 0.182. The number of nitrogens with one attached hydrogen (secondary N) is 2. The number of benzene rings is 1. The Hall–Kier alpha value is -2.10. The lowest BCUT2D eigenvalue weighted by molar-refractivity contribution is -0.123. The first-order valence-electron chi connectivity index (χ1n) is 5.03. The molecule has 0 fully saturated rings. The number of carbonyl (C=O) groups excluding carboxylic acids is 2. The Morgan fingerprint density at radius 2 is 2.11 bits per heavy atom. The molecular weight excluding hydrogens is 256 g/mol. The summed E-state index contributed by atoms with van der Waals surface area (Å²) in [6, 6.07) is 6.43. The van der Waals surface area contributed by atoms with Crippen LogP contribution in [0.5, 0.6) is 0 Å². The third kappa shape index (κ3) is 4.05. The van der Waals surface area contributed by atoms with E-state index in [1.54, 1.807) is 6.07 Å². The largest absolute Gasteiger partial charge is 0.346 e. The fourth-order valence-electron chi connectivity index (χ4n) is 1.16. The molecule has 1 aromatic carbocycles. The molecule has 0 heterocycles. The van der Waals surface area contributed by atoms with Gasteiger partial charge < -0.3 is 16.4 Å². The van der Waals surface area contributed by atoms with Crippen LogP contribution in [0, 0.1) is 11.3 Å². The first-order chi connectivity index (χ1) is 8.56. The fourth-order valence-corrected chi connectivity index (χ4v) is 1.33. The first-order valence-corrected chi connectivity index (χ1v) is 5.41. The second kappa shape index (κ2) is 6.59. The number of hydrogen-bond acceptors (Lipinski definition) is 4. The summed E-state index contributed by atoms with van der Waals surface area (Å²) in [4.78, 5) is 22.3. The van der Waals surface area contributed by atoms with Crippen LogP contribution < -0.4 is 16.4 Å². The third-order valence-electron chi connectivity index (χ3n) is 2.01. The maximum Gasteiger partial charge on any atom is 0.243 e. The molecule has 1 aromatic rings.